The summed E-state index contributed by atoms with van der Waals surface area (Å²) in [6.45, 7) is 0. The van der Waals surface area contributed by atoms with Gasteiger partial charge in [0.05, 0.1) is 22.6 Å². The molecule has 0 unspecified atom stereocenters. The summed E-state index contributed by atoms with van der Waals surface area (Å²) < 4.78 is 4.62. The van der Waals surface area contributed by atoms with E-state index in [4.69, 9.17) is 16.9 Å². The Hall–Kier alpha value is -2.03. The third-order valence-electron chi connectivity index (χ3n) is 2.45. The maximum atomic E-state index is 11.4. The summed E-state index contributed by atoms with van der Waals surface area (Å²) in [7, 11) is 1.30. The number of carbonyl (C=O) groups is 1. The van der Waals surface area contributed by atoms with E-state index in [1.165, 1.54) is 36.6 Å². The number of hydrogen-bond acceptors (Lipinski definition) is 5. The van der Waals surface area contributed by atoms with Crippen molar-refractivity contribution in [1.82, 2.24) is 0 Å². The van der Waals surface area contributed by atoms with Gasteiger partial charge in [0.15, 0.2) is 0 Å². The standard InChI is InChI=1S/C13H8ClNO3S/c1-18-13(17)11-5-9(14)12(19-11)7-2-3-10(16)8(4-7)6-15/h2-5,16H,1H3. The molecule has 4 nitrogen and oxygen atoms in total. The van der Waals surface area contributed by atoms with Crippen molar-refractivity contribution in [2.24, 2.45) is 0 Å². The first-order valence-corrected chi connectivity index (χ1v) is 6.37. The van der Waals surface area contributed by atoms with E-state index in [0.29, 0.717) is 20.3 Å². The first-order valence-electron chi connectivity index (χ1n) is 5.18. The number of esters is 1. The van der Waals surface area contributed by atoms with Crippen LogP contribution in [-0.4, -0.2) is 18.2 Å². The monoisotopic (exact) mass is 293 g/mol. The minimum absolute atomic E-state index is 0.0906. The van der Waals surface area contributed by atoms with Gasteiger partial charge in [-0.15, -0.1) is 11.3 Å². The number of phenolic OH excluding ortho intramolecular Hbond substituents is 1. The highest BCUT2D eigenvalue weighted by Gasteiger charge is 2.16. The van der Waals surface area contributed by atoms with E-state index in [2.05, 4.69) is 4.74 Å². The maximum absolute atomic E-state index is 11.4. The van der Waals surface area contributed by atoms with Gasteiger partial charge in [0.2, 0.25) is 0 Å². The van der Waals surface area contributed by atoms with E-state index in [0.717, 1.165) is 0 Å². The second-order valence-electron chi connectivity index (χ2n) is 3.62. The zero-order chi connectivity index (χ0) is 14.0. The van der Waals surface area contributed by atoms with E-state index in [9.17, 15) is 9.90 Å². The summed E-state index contributed by atoms with van der Waals surface area (Å²) in [4.78, 5) is 12.5. The molecule has 0 fully saturated rings. The number of halogens is 1. The number of phenols is 1. The Balaban J connectivity index is 2.51. The molecule has 96 valence electrons. The number of thiophene rings is 1. The lowest BCUT2D eigenvalue weighted by Crippen LogP contribution is -1.96. The van der Waals surface area contributed by atoms with Crippen LogP contribution in [-0.2, 0) is 4.74 Å². The fraction of sp³-hybridized carbons (Fsp3) is 0.0769. The number of ether oxygens (including phenoxy) is 1. The van der Waals surface area contributed by atoms with Crippen molar-refractivity contribution in [3.63, 3.8) is 0 Å². The van der Waals surface area contributed by atoms with E-state index >= 15 is 0 Å². The van der Waals surface area contributed by atoms with Gasteiger partial charge in [0.25, 0.3) is 0 Å². The molecule has 0 saturated heterocycles. The minimum Gasteiger partial charge on any atom is -0.507 e. The smallest absolute Gasteiger partial charge is 0.348 e. The van der Waals surface area contributed by atoms with Crippen molar-refractivity contribution < 1.29 is 14.6 Å². The predicted octanol–water partition coefficient (Wildman–Crippen LogP) is 3.43. The average Bonchev–Trinajstić information content (AvgIpc) is 2.80. The highest BCUT2D eigenvalue weighted by Crippen LogP contribution is 2.37. The van der Waals surface area contributed by atoms with Gasteiger partial charge < -0.3 is 9.84 Å². The van der Waals surface area contributed by atoms with Crippen LogP contribution in [0.1, 0.15) is 15.2 Å². The van der Waals surface area contributed by atoms with Gasteiger partial charge in [-0.05, 0) is 29.8 Å². The van der Waals surface area contributed by atoms with Crippen LogP contribution in [0.2, 0.25) is 5.02 Å². The average molecular weight is 294 g/mol. The second kappa shape index (κ2) is 5.31. The first-order chi connectivity index (χ1) is 9.06. The van der Waals surface area contributed by atoms with E-state index in [-0.39, 0.29) is 11.3 Å². The molecule has 1 heterocycles. The van der Waals surface area contributed by atoms with Crippen molar-refractivity contribution in [3.8, 4) is 22.3 Å². The quantitative estimate of drug-likeness (QED) is 0.861. The molecule has 0 amide bonds. The lowest BCUT2D eigenvalue weighted by Gasteiger charge is -2.01. The van der Waals surface area contributed by atoms with Crippen LogP contribution in [0, 0.1) is 11.3 Å². The third-order valence-corrected chi connectivity index (χ3v) is 4.03. The Labute approximate surface area is 118 Å². The molecule has 0 saturated carbocycles. The predicted molar refractivity (Wildman–Crippen MR) is 72.5 cm³/mol. The van der Waals surface area contributed by atoms with E-state index in [1.54, 1.807) is 6.07 Å². The van der Waals surface area contributed by atoms with Gasteiger partial charge in [-0.2, -0.15) is 5.26 Å². The molecule has 0 bridgehead atoms. The van der Waals surface area contributed by atoms with E-state index < -0.39 is 5.97 Å². The largest absolute Gasteiger partial charge is 0.507 e. The first kappa shape index (κ1) is 13.4. The van der Waals surface area contributed by atoms with Gasteiger partial charge >= 0.3 is 5.97 Å². The molecule has 0 aliphatic rings. The zero-order valence-corrected chi connectivity index (χ0v) is 11.4. The summed E-state index contributed by atoms with van der Waals surface area (Å²) in [6, 6.07) is 7.98. The topological polar surface area (TPSA) is 70.3 Å². The number of nitrogens with zero attached hydrogens (tertiary/aromatic N) is 1. The van der Waals surface area contributed by atoms with Crippen LogP contribution in [0.4, 0.5) is 0 Å². The van der Waals surface area contributed by atoms with Gasteiger partial charge in [0.1, 0.15) is 16.7 Å². The van der Waals surface area contributed by atoms with Crippen LogP contribution in [0.25, 0.3) is 10.4 Å². The fourth-order valence-electron chi connectivity index (χ4n) is 1.53. The summed E-state index contributed by atoms with van der Waals surface area (Å²) in [6.07, 6.45) is 0. The molecular formula is C13H8ClNO3S. The highest BCUT2D eigenvalue weighted by molar-refractivity contribution is 7.18. The van der Waals surface area contributed by atoms with Crippen LogP contribution in [0.5, 0.6) is 5.75 Å². The van der Waals surface area contributed by atoms with Gasteiger partial charge in [-0.3, -0.25) is 0 Å². The number of rotatable bonds is 2. The number of methoxy groups -OCH3 is 1. The molecule has 0 atom stereocenters. The molecule has 0 spiro atoms. The number of carbonyl (C=O) groups excluding carboxylic acids is 1. The summed E-state index contributed by atoms with van der Waals surface area (Å²) >= 11 is 7.25. The summed E-state index contributed by atoms with van der Waals surface area (Å²) in [5.74, 6) is -0.551. The lowest BCUT2D eigenvalue weighted by atomic mass is 10.1. The summed E-state index contributed by atoms with van der Waals surface area (Å²) in [5, 5.41) is 18.7. The Kier molecular flexibility index (Phi) is 3.74. The number of benzene rings is 1. The van der Waals surface area contributed by atoms with Crippen molar-refractivity contribution >= 4 is 28.9 Å². The number of hydrogen-bond donors (Lipinski definition) is 1. The molecule has 1 aromatic heterocycles. The number of nitriles is 1. The van der Waals surface area contributed by atoms with Crippen LogP contribution < -0.4 is 0 Å². The molecule has 2 aromatic rings. The van der Waals surface area contributed by atoms with Gasteiger partial charge in [-0.1, -0.05) is 11.6 Å². The van der Waals surface area contributed by atoms with Crippen LogP contribution >= 0.6 is 22.9 Å². The summed E-state index contributed by atoms with van der Waals surface area (Å²) in [5.41, 5.74) is 0.820. The fourth-order valence-corrected chi connectivity index (χ4v) is 2.90. The SMILES string of the molecule is COC(=O)c1cc(Cl)c(-c2ccc(O)c(C#N)c2)s1. The normalized spacial score (nSPS) is 9.95. The van der Waals surface area contributed by atoms with Crippen molar-refractivity contribution in [3.05, 3.63) is 39.7 Å². The minimum atomic E-state index is -0.461. The molecule has 6 heteroatoms. The van der Waals surface area contributed by atoms with Gasteiger partial charge in [-0.25, -0.2) is 4.79 Å². The van der Waals surface area contributed by atoms with Crippen molar-refractivity contribution in [2.75, 3.05) is 7.11 Å². The Morgan fingerprint density at radius 3 is 2.84 bits per heavy atom. The van der Waals surface area contributed by atoms with E-state index in [1.807, 2.05) is 6.07 Å². The lowest BCUT2D eigenvalue weighted by molar-refractivity contribution is 0.0606. The Morgan fingerprint density at radius 2 is 2.21 bits per heavy atom. The Morgan fingerprint density at radius 1 is 1.47 bits per heavy atom. The molecule has 2 rings (SSSR count). The molecule has 0 aliphatic carbocycles. The molecular weight excluding hydrogens is 286 g/mol. The molecule has 19 heavy (non-hydrogen) atoms. The zero-order valence-electron chi connectivity index (χ0n) is 9.81. The highest BCUT2D eigenvalue weighted by atomic mass is 35.5. The van der Waals surface area contributed by atoms with Crippen molar-refractivity contribution in [1.29, 1.82) is 5.26 Å². The molecule has 1 N–H and O–H groups in total. The second-order valence-corrected chi connectivity index (χ2v) is 5.08. The van der Waals surface area contributed by atoms with Crippen LogP contribution in [0.15, 0.2) is 24.3 Å². The molecule has 1 aromatic carbocycles. The van der Waals surface area contributed by atoms with Crippen molar-refractivity contribution in [2.45, 2.75) is 0 Å². The third kappa shape index (κ3) is 2.55. The number of aromatic hydroxyl groups is 1. The van der Waals surface area contributed by atoms with Gasteiger partial charge in [0, 0.05) is 0 Å². The molecule has 0 radical (unpaired) electrons. The maximum Gasteiger partial charge on any atom is 0.348 e. The Bertz CT molecular complexity index is 688. The molecule has 0 aliphatic heterocycles. The van der Waals surface area contributed by atoms with Crippen LogP contribution in [0.3, 0.4) is 0 Å².